The number of hydrogen-bond donors (Lipinski definition) is 1. The maximum absolute atomic E-state index is 13.9. The first-order chi connectivity index (χ1) is 16.6. The summed E-state index contributed by atoms with van der Waals surface area (Å²) in [6, 6.07) is 15.2. The molecule has 0 unspecified atom stereocenters. The number of rotatable bonds is 10. The minimum Gasteiger partial charge on any atom is -0.354 e. The fourth-order valence-electron chi connectivity index (χ4n) is 3.11. The Balaban J connectivity index is 1.70. The summed E-state index contributed by atoms with van der Waals surface area (Å²) >= 11 is 19.8. The summed E-state index contributed by atoms with van der Waals surface area (Å²) < 4.78 is 41.7. The van der Waals surface area contributed by atoms with E-state index in [-0.39, 0.29) is 33.0 Å². The number of nitrogens with zero attached hydrogens (tertiary/aromatic N) is 1. The fourth-order valence-corrected chi connectivity index (χ4v) is 6.17. The molecule has 0 aliphatic heterocycles. The summed E-state index contributed by atoms with van der Waals surface area (Å²) in [6.07, 6.45) is 0. The van der Waals surface area contributed by atoms with E-state index >= 15 is 0 Å². The standard InChI is InChI=1S/C24H22Cl3FN2O3S2/c1-16-5-8-18(9-6-16)35(32,33)30(23-13-17(25)7-10-21(23)27)14-24(31)29-11-12-34-15-19-20(26)3-2-4-22(19)28/h2-10,13H,11-12,14-15H2,1H3,(H,29,31). The quantitative estimate of drug-likeness (QED) is 0.287. The predicted molar refractivity (Wildman–Crippen MR) is 143 cm³/mol. The van der Waals surface area contributed by atoms with Crippen molar-refractivity contribution >= 4 is 68.2 Å². The van der Waals surface area contributed by atoms with Crippen LogP contribution in [0.1, 0.15) is 11.1 Å². The Kier molecular flexibility index (Phi) is 9.72. The number of carbonyl (C=O) groups excluding carboxylic acids is 1. The van der Waals surface area contributed by atoms with Gasteiger partial charge in [-0.1, -0.05) is 58.6 Å². The predicted octanol–water partition coefficient (Wildman–Crippen LogP) is 6.34. The number of anilines is 1. The number of sulfonamides is 1. The van der Waals surface area contributed by atoms with Gasteiger partial charge in [0, 0.05) is 33.7 Å². The van der Waals surface area contributed by atoms with Gasteiger partial charge in [0.05, 0.1) is 15.6 Å². The van der Waals surface area contributed by atoms with Crippen LogP contribution in [0.15, 0.2) is 65.6 Å². The van der Waals surface area contributed by atoms with Gasteiger partial charge in [-0.2, -0.15) is 11.8 Å². The Morgan fingerprint density at radius 3 is 2.43 bits per heavy atom. The van der Waals surface area contributed by atoms with Crippen molar-refractivity contribution in [2.24, 2.45) is 0 Å². The number of carbonyl (C=O) groups is 1. The summed E-state index contributed by atoms with van der Waals surface area (Å²) in [6.45, 7) is 1.59. The molecule has 0 saturated carbocycles. The number of halogens is 4. The molecule has 0 heterocycles. The first kappa shape index (κ1) is 27.6. The number of thioether (sulfide) groups is 1. The van der Waals surface area contributed by atoms with E-state index in [1.807, 2.05) is 6.92 Å². The number of benzene rings is 3. The summed E-state index contributed by atoms with van der Waals surface area (Å²) in [5, 5.41) is 3.45. The number of amides is 1. The van der Waals surface area contributed by atoms with E-state index in [9.17, 15) is 17.6 Å². The third-order valence-corrected chi connectivity index (χ3v) is 8.62. The van der Waals surface area contributed by atoms with E-state index in [0.717, 1.165) is 9.87 Å². The molecule has 0 aliphatic carbocycles. The molecule has 0 aromatic heterocycles. The second-order valence-electron chi connectivity index (χ2n) is 7.52. The van der Waals surface area contributed by atoms with Gasteiger partial charge in [0.15, 0.2) is 0 Å². The maximum Gasteiger partial charge on any atom is 0.264 e. The van der Waals surface area contributed by atoms with Gasteiger partial charge in [0.1, 0.15) is 12.4 Å². The van der Waals surface area contributed by atoms with Crippen molar-refractivity contribution in [3.05, 3.63) is 92.7 Å². The van der Waals surface area contributed by atoms with Gasteiger partial charge in [-0.3, -0.25) is 9.10 Å². The molecule has 35 heavy (non-hydrogen) atoms. The van der Waals surface area contributed by atoms with Crippen LogP contribution in [0.3, 0.4) is 0 Å². The minimum atomic E-state index is -4.12. The van der Waals surface area contributed by atoms with Crippen molar-refractivity contribution in [1.82, 2.24) is 5.32 Å². The Morgan fingerprint density at radius 2 is 1.74 bits per heavy atom. The molecule has 0 atom stereocenters. The molecule has 1 N–H and O–H groups in total. The van der Waals surface area contributed by atoms with E-state index in [0.29, 0.717) is 22.1 Å². The molecule has 186 valence electrons. The molecule has 0 aliphatic rings. The molecule has 0 fully saturated rings. The molecule has 3 rings (SSSR count). The van der Waals surface area contributed by atoms with Crippen LogP contribution in [0, 0.1) is 12.7 Å². The van der Waals surface area contributed by atoms with Gasteiger partial charge >= 0.3 is 0 Å². The highest BCUT2D eigenvalue weighted by molar-refractivity contribution is 7.98. The number of aryl methyl sites for hydroxylation is 1. The van der Waals surface area contributed by atoms with E-state index in [4.69, 9.17) is 34.8 Å². The topological polar surface area (TPSA) is 66.5 Å². The molecule has 0 radical (unpaired) electrons. The van der Waals surface area contributed by atoms with Crippen molar-refractivity contribution in [3.8, 4) is 0 Å². The van der Waals surface area contributed by atoms with Gasteiger partial charge in [-0.05, 0) is 49.4 Å². The van der Waals surface area contributed by atoms with Crippen LogP contribution in [0.4, 0.5) is 10.1 Å². The molecule has 3 aromatic carbocycles. The normalized spacial score (nSPS) is 11.3. The van der Waals surface area contributed by atoms with Gasteiger partial charge in [0.25, 0.3) is 10.0 Å². The number of hydrogen-bond acceptors (Lipinski definition) is 4. The zero-order valence-electron chi connectivity index (χ0n) is 18.6. The molecule has 3 aromatic rings. The number of nitrogens with one attached hydrogen (secondary N) is 1. The van der Waals surface area contributed by atoms with E-state index in [2.05, 4.69) is 5.32 Å². The highest BCUT2D eigenvalue weighted by Gasteiger charge is 2.29. The zero-order chi connectivity index (χ0) is 25.6. The van der Waals surface area contributed by atoms with Crippen LogP contribution in [0.25, 0.3) is 0 Å². The van der Waals surface area contributed by atoms with Crippen LogP contribution in [-0.4, -0.2) is 33.2 Å². The Hall–Kier alpha value is -1.97. The minimum absolute atomic E-state index is 0.0178. The molecule has 0 bridgehead atoms. The SMILES string of the molecule is Cc1ccc(S(=O)(=O)N(CC(=O)NCCSCc2c(F)cccc2Cl)c2cc(Cl)ccc2Cl)cc1. The third-order valence-electron chi connectivity index (χ3n) is 4.95. The highest BCUT2D eigenvalue weighted by atomic mass is 35.5. The lowest BCUT2D eigenvalue weighted by Gasteiger charge is -2.25. The second kappa shape index (κ2) is 12.3. The van der Waals surface area contributed by atoms with Crippen LogP contribution >= 0.6 is 46.6 Å². The lowest BCUT2D eigenvalue weighted by Crippen LogP contribution is -2.41. The van der Waals surface area contributed by atoms with Gasteiger partial charge in [-0.25, -0.2) is 12.8 Å². The van der Waals surface area contributed by atoms with E-state index < -0.39 is 22.5 Å². The fraction of sp³-hybridized carbons (Fsp3) is 0.208. The van der Waals surface area contributed by atoms with Crippen molar-refractivity contribution < 1.29 is 17.6 Å². The summed E-state index contributed by atoms with van der Waals surface area (Å²) in [4.78, 5) is 12.7. The molecule has 11 heteroatoms. The molecular formula is C24H22Cl3FN2O3S2. The molecule has 0 saturated heterocycles. The van der Waals surface area contributed by atoms with E-state index in [1.54, 1.807) is 18.2 Å². The largest absolute Gasteiger partial charge is 0.354 e. The van der Waals surface area contributed by atoms with Crippen molar-refractivity contribution in [1.29, 1.82) is 0 Å². The van der Waals surface area contributed by atoms with Gasteiger partial charge < -0.3 is 5.32 Å². The Morgan fingerprint density at radius 1 is 1.03 bits per heavy atom. The summed E-state index contributed by atoms with van der Waals surface area (Å²) in [7, 11) is -4.12. The average Bonchev–Trinajstić information content (AvgIpc) is 2.81. The van der Waals surface area contributed by atoms with Crippen molar-refractivity contribution in [2.75, 3.05) is 23.1 Å². The van der Waals surface area contributed by atoms with Crippen LogP contribution < -0.4 is 9.62 Å². The van der Waals surface area contributed by atoms with Crippen LogP contribution in [0.5, 0.6) is 0 Å². The first-order valence-corrected chi connectivity index (χ1v) is 14.1. The van der Waals surface area contributed by atoms with Crippen molar-refractivity contribution in [2.45, 2.75) is 17.6 Å². The van der Waals surface area contributed by atoms with Gasteiger partial charge in [0.2, 0.25) is 5.91 Å². The van der Waals surface area contributed by atoms with Crippen molar-refractivity contribution in [3.63, 3.8) is 0 Å². The van der Waals surface area contributed by atoms with Gasteiger partial charge in [-0.15, -0.1) is 0 Å². The maximum atomic E-state index is 13.9. The lowest BCUT2D eigenvalue weighted by atomic mass is 10.2. The Labute approximate surface area is 223 Å². The first-order valence-electron chi connectivity index (χ1n) is 10.4. The monoisotopic (exact) mass is 574 g/mol. The van der Waals surface area contributed by atoms with E-state index in [1.165, 1.54) is 54.2 Å². The summed E-state index contributed by atoms with van der Waals surface area (Å²) in [5.74, 6) is -0.0995. The highest BCUT2D eigenvalue weighted by Crippen LogP contribution is 2.33. The van der Waals surface area contributed by atoms with Crippen LogP contribution in [-0.2, 0) is 20.6 Å². The lowest BCUT2D eigenvalue weighted by molar-refractivity contribution is -0.119. The smallest absolute Gasteiger partial charge is 0.264 e. The second-order valence-corrected chi connectivity index (χ2v) is 11.7. The molecule has 0 spiro atoms. The molecule has 5 nitrogen and oxygen atoms in total. The molecular weight excluding hydrogens is 554 g/mol. The molecule has 1 amide bonds. The summed E-state index contributed by atoms with van der Waals surface area (Å²) in [5.41, 5.74) is 1.39. The van der Waals surface area contributed by atoms with Crippen LogP contribution in [0.2, 0.25) is 15.1 Å². The average molecular weight is 576 g/mol. The zero-order valence-corrected chi connectivity index (χ0v) is 22.5. The Bertz CT molecular complexity index is 1290. The third kappa shape index (κ3) is 7.27.